The van der Waals surface area contributed by atoms with E-state index >= 15 is 0 Å². The third kappa shape index (κ3) is 3.62. The van der Waals surface area contributed by atoms with Gasteiger partial charge < -0.3 is 14.9 Å². The Morgan fingerprint density at radius 3 is 2.96 bits per heavy atom. The molecule has 10 heteroatoms. The van der Waals surface area contributed by atoms with Crippen molar-refractivity contribution in [3.05, 3.63) is 46.0 Å². The van der Waals surface area contributed by atoms with Gasteiger partial charge in [0.25, 0.3) is 0 Å². The number of nitro groups is 1. The van der Waals surface area contributed by atoms with Crippen molar-refractivity contribution in [3.63, 3.8) is 0 Å². The average Bonchev–Trinajstić information content (AvgIpc) is 3.39. The predicted octanol–water partition coefficient (Wildman–Crippen LogP) is 3.64. The minimum atomic E-state index is -0.511. The molecule has 0 bridgehead atoms. The van der Waals surface area contributed by atoms with Gasteiger partial charge in [0.1, 0.15) is 0 Å². The molecule has 1 fully saturated rings. The fourth-order valence-electron chi connectivity index (χ4n) is 2.76. The SMILES string of the molecule is O=[N+]([O-])c1ccc(Sc2nnc(-c3cccs3)n2CC2CCCO2)cn1. The zero-order valence-electron chi connectivity index (χ0n) is 13.6. The van der Waals surface area contributed by atoms with E-state index in [1.165, 1.54) is 24.0 Å². The third-order valence-corrected chi connectivity index (χ3v) is 5.81. The van der Waals surface area contributed by atoms with E-state index < -0.39 is 4.92 Å². The zero-order chi connectivity index (χ0) is 17.9. The van der Waals surface area contributed by atoms with E-state index in [1.54, 1.807) is 17.4 Å². The van der Waals surface area contributed by atoms with Gasteiger partial charge in [-0.25, -0.2) is 0 Å². The van der Waals surface area contributed by atoms with Crippen LogP contribution in [0.25, 0.3) is 10.7 Å². The lowest BCUT2D eigenvalue weighted by molar-refractivity contribution is -0.389. The van der Waals surface area contributed by atoms with Crippen LogP contribution < -0.4 is 0 Å². The maximum absolute atomic E-state index is 10.7. The molecule has 0 aliphatic carbocycles. The van der Waals surface area contributed by atoms with E-state index in [0.717, 1.165) is 40.2 Å². The third-order valence-electron chi connectivity index (χ3n) is 3.99. The quantitative estimate of drug-likeness (QED) is 0.469. The molecule has 1 saturated heterocycles. The molecule has 0 saturated carbocycles. The second kappa shape index (κ2) is 7.52. The van der Waals surface area contributed by atoms with E-state index in [1.807, 2.05) is 17.5 Å². The van der Waals surface area contributed by atoms with Gasteiger partial charge in [-0.2, -0.15) is 0 Å². The van der Waals surface area contributed by atoms with E-state index in [0.29, 0.717) is 6.54 Å². The topological polar surface area (TPSA) is 96.0 Å². The zero-order valence-corrected chi connectivity index (χ0v) is 15.3. The monoisotopic (exact) mass is 389 g/mol. The minimum absolute atomic E-state index is 0.152. The molecule has 1 aliphatic heterocycles. The van der Waals surface area contributed by atoms with Gasteiger partial charge in [0.15, 0.2) is 17.2 Å². The molecule has 1 unspecified atom stereocenters. The second-order valence-corrected chi connectivity index (χ2v) is 7.73. The van der Waals surface area contributed by atoms with Crippen LogP contribution in [0.5, 0.6) is 0 Å². The molecule has 0 N–H and O–H groups in total. The summed E-state index contributed by atoms with van der Waals surface area (Å²) in [5, 5.41) is 22.2. The normalized spacial score (nSPS) is 16.8. The number of ether oxygens (including phenoxy) is 1. The minimum Gasteiger partial charge on any atom is -0.376 e. The maximum atomic E-state index is 10.7. The van der Waals surface area contributed by atoms with Crippen LogP contribution in [0.4, 0.5) is 5.82 Å². The molecule has 1 aliphatic rings. The molecular weight excluding hydrogens is 374 g/mol. The van der Waals surface area contributed by atoms with Crippen molar-refractivity contribution in [1.29, 1.82) is 0 Å². The van der Waals surface area contributed by atoms with Crippen molar-refractivity contribution >= 4 is 28.9 Å². The first-order chi connectivity index (χ1) is 12.7. The Labute approximate surface area is 157 Å². The van der Waals surface area contributed by atoms with Crippen LogP contribution >= 0.6 is 23.1 Å². The molecule has 26 heavy (non-hydrogen) atoms. The first-order valence-electron chi connectivity index (χ1n) is 8.07. The molecule has 134 valence electrons. The van der Waals surface area contributed by atoms with E-state index in [4.69, 9.17) is 4.74 Å². The molecular formula is C16H15N5O3S2. The van der Waals surface area contributed by atoms with Gasteiger partial charge >= 0.3 is 5.82 Å². The summed E-state index contributed by atoms with van der Waals surface area (Å²) < 4.78 is 7.84. The lowest BCUT2D eigenvalue weighted by atomic mass is 10.2. The fraction of sp³-hybridized carbons (Fsp3) is 0.312. The number of hydrogen-bond donors (Lipinski definition) is 0. The van der Waals surface area contributed by atoms with E-state index in [9.17, 15) is 10.1 Å². The summed E-state index contributed by atoms with van der Waals surface area (Å²) >= 11 is 3.00. The fourth-order valence-corrected chi connectivity index (χ4v) is 4.28. The van der Waals surface area contributed by atoms with Gasteiger partial charge in [0.05, 0.1) is 22.4 Å². The number of hydrogen-bond acceptors (Lipinski definition) is 8. The molecule has 4 heterocycles. The van der Waals surface area contributed by atoms with Crippen LogP contribution in [0, 0.1) is 10.1 Å². The van der Waals surface area contributed by atoms with Gasteiger partial charge in [0, 0.05) is 12.7 Å². The van der Waals surface area contributed by atoms with Crippen LogP contribution in [0.15, 0.2) is 45.9 Å². The highest BCUT2D eigenvalue weighted by atomic mass is 32.2. The van der Waals surface area contributed by atoms with Crippen molar-refractivity contribution in [1.82, 2.24) is 19.7 Å². The Hall–Kier alpha value is -2.30. The first kappa shape index (κ1) is 17.1. The number of aromatic nitrogens is 4. The lowest BCUT2D eigenvalue weighted by Gasteiger charge is -2.14. The molecule has 1 atom stereocenters. The highest BCUT2D eigenvalue weighted by Gasteiger charge is 2.22. The lowest BCUT2D eigenvalue weighted by Crippen LogP contribution is -2.16. The Bertz CT molecular complexity index is 889. The number of nitrogens with zero attached hydrogens (tertiary/aromatic N) is 5. The summed E-state index contributed by atoms with van der Waals surface area (Å²) in [6, 6.07) is 7.07. The van der Waals surface area contributed by atoms with Crippen molar-refractivity contribution in [2.45, 2.75) is 35.5 Å². The number of pyridine rings is 1. The van der Waals surface area contributed by atoms with Crippen LogP contribution in [-0.4, -0.2) is 37.4 Å². The molecule has 0 radical (unpaired) electrons. The Balaban J connectivity index is 1.63. The molecule has 3 aromatic heterocycles. The Morgan fingerprint density at radius 2 is 2.31 bits per heavy atom. The van der Waals surface area contributed by atoms with Crippen molar-refractivity contribution in [2.24, 2.45) is 0 Å². The van der Waals surface area contributed by atoms with Gasteiger partial charge in [0.2, 0.25) is 0 Å². The standard InChI is InChI=1S/C16H15N5O3S2/c22-21(23)14-6-5-12(9-17-14)26-16-19-18-15(13-4-2-8-25-13)20(16)10-11-3-1-7-24-11/h2,4-6,8-9,11H,1,3,7,10H2. The maximum Gasteiger partial charge on any atom is 0.363 e. The highest BCUT2D eigenvalue weighted by Crippen LogP contribution is 2.32. The van der Waals surface area contributed by atoms with E-state index in [-0.39, 0.29) is 11.9 Å². The van der Waals surface area contributed by atoms with Gasteiger partial charge in [-0.05, 0) is 52.0 Å². The van der Waals surface area contributed by atoms with E-state index in [2.05, 4.69) is 19.7 Å². The Kier molecular flexibility index (Phi) is 4.96. The number of thiophene rings is 1. The second-order valence-electron chi connectivity index (χ2n) is 5.74. The molecule has 8 nitrogen and oxygen atoms in total. The van der Waals surface area contributed by atoms with Crippen LogP contribution in [0.1, 0.15) is 12.8 Å². The number of rotatable bonds is 6. The molecule has 0 spiro atoms. The van der Waals surface area contributed by atoms with Gasteiger partial charge in [-0.15, -0.1) is 21.5 Å². The molecule has 0 amide bonds. The van der Waals surface area contributed by atoms with Gasteiger partial charge in [-0.1, -0.05) is 6.07 Å². The summed E-state index contributed by atoms with van der Waals surface area (Å²) in [6.45, 7) is 1.47. The van der Waals surface area contributed by atoms with Crippen LogP contribution in [0.3, 0.4) is 0 Å². The molecule has 4 rings (SSSR count). The molecule has 0 aromatic carbocycles. The Morgan fingerprint density at radius 1 is 1.38 bits per heavy atom. The predicted molar refractivity (Wildman–Crippen MR) is 97.3 cm³/mol. The first-order valence-corrected chi connectivity index (χ1v) is 9.77. The summed E-state index contributed by atoms with van der Waals surface area (Å²) in [5.41, 5.74) is 0. The average molecular weight is 389 g/mol. The van der Waals surface area contributed by atoms with Crippen molar-refractivity contribution < 1.29 is 9.66 Å². The summed E-state index contributed by atoms with van der Waals surface area (Å²) in [5.74, 6) is 0.641. The summed E-state index contributed by atoms with van der Waals surface area (Å²) in [6.07, 6.45) is 3.72. The van der Waals surface area contributed by atoms with Gasteiger partial charge in [-0.3, -0.25) is 4.57 Å². The van der Waals surface area contributed by atoms with Crippen molar-refractivity contribution in [2.75, 3.05) is 6.61 Å². The summed E-state index contributed by atoms with van der Waals surface area (Å²) in [4.78, 5) is 15.9. The van der Waals surface area contributed by atoms with Crippen LogP contribution in [-0.2, 0) is 11.3 Å². The summed E-state index contributed by atoms with van der Waals surface area (Å²) in [7, 11) is 0. The van der Waals surface area contributed by atoms with Crippen molar-refractivity contribution in [3.8, 4) is 10.7 Å². The largest absolute Gasteiger partial charge is 0.376 e. The van der Waals surface area contributed by atoms with Crippen LogP contribution in [0.2, 0.25) is 0 Å². The molecule has 3 aromatic rings. The smallest absolute Gasteiger partial charge is 0.363 e. The highest BCUT2D eigenvalue weighted by molar-refractivity contribution is 7.99.